The summed E-state index contributed by atoms with van der Waals surface area (Å²) >= 11 is 0. The van der Waals surface area contributed by atoms with Crippen LogP contribution in [0.3, 0.4) is 0 Å². The molecule has 0 spiro atoms. The van der Waals surface area contributed by atoms with E-state index in [1.165, 1.54) is 0 Å². The number of hydrogen-bond acceptors (Lipinski definition) is 6. The van der Waals surface area contributed by atoms with Gasteiger partial charge in [-0.15, -0.1) is 0 Å². The molecule has 8 nitrogen and oxygen atoms in total. The molecule has 4 rings (SSSR count). The Morgan fingerprint density at radius 2 is 1.65 bits per heavy atom. The van der Waals surface area contributed by atoms with Crippen LogP contribution in [0.15, 0.2) is 36.4 Å². The van der Waals surface area contributed by atoms with Gasteiger partial charge in [-0.2, -0.15) is 0 Å². The second kappa shape index (κ2) is 11.4. The third-order valence-electron chi connectivity index (χ3n) is 7.78. The summed E-state index contributed by atoms with van der Waals surface area (Å²) in [5.41, 5.74) is 2.14. The molecule has 200 valence electrons. The van der Waals surface area contributed by atoms with Gasteiger partial charge in [-0.3, -0.25) is 9.59 Å². The average Bonchev–Trinajstić information content (AvgIpc) is 2.93. The summed E-state index contributed by atoms with van der Waals surface area (Å²) in [4.78, 5) is 34.3. The molecule has 2 aliphatic heterocycles. The smallest absolute Gasteiger partial charge is 0.254 e. The molecule has 0 aromatic heterocycles. The lowest BCUT2D eigenvalue weighted by molar-refractivity contribution is -0.136. The number of carbonyl (C=O) groups excluding carboxylic acids is 2. The van der Waals surface area contributed by atoms with Gasteiger partial charge in [0.15, 0.2) is 11.5 Å². The molecule has 2 amide bonds. The van der Waals surface area contributed by atoms with Gasteiger partial charge in [-0.05, 0) is 68.7 Å². The van der Waals surface area contributed by atoms with E-state index in [2.05, 4.69) is 11.9 Å². The maximum atomic E-state index is 14.4. The first-order valence-electron chi connectivity index (χ1n) is 13.0. The van der Waals surface area contributed by atoms with Gasteiger partial charge in [0.05, 0.1) is 33.3 Å². The second-order valence-electron chi connectivity index (χ2n) is 9.95. The van der Waals surface area contributed by atoms with Crippen molar-refractivity contribution in [2.45, 2.75) is 44.2 Å². The Morgan fingerprint density at radius 3 is 2.22 bits per heavy atom. The third-order valence-corrected chi connectivity index (χ3v) is 7.78. The zero-order valence-corrected chi connectivity index (χ0v) is 22.8. The zero-order valence-electron chi connectivity index (χ0n) is 22.8. The highest BCUT2D eigenvalue weighted by Gasteiger charge is 2.46. The van der Waals surface area contributed by atoms with Crippen molar-refractivity contribution in [1.29, 1.82) is 0 Å². The first kappa shape index (κ1) is 26.8. The molecule has 8 heteroatoms. The number of ether oxygens (including phenoxy) is 3. The molecule has 2 aromatic carbocycles. The Hall–Kier alpha value is -3.26. The highest BCUT2D eigenvalue weighted by atomic mass is 16.5. The molecule has 2 heterocycles. The number of amides is 2. The minimum atomic E-state index is -0.562. The summed E-state index contributed by atoms with van der Waals surface area (Å²) in [6.07, 6.45) is 2.62. The molecule has 0 bridgehead atoms. The van der Waals surface area contributed by atoms with Crippen LogP contribution in [0.1, 0.15) is 59.6 Å². The fourth-order valence-electron chi connectivity index (χ4n) is 5.77. The van der Waals surface area contributed by atoms with Crippen molar-refractivity contribution < 1.29 is 23.8 Å². The molecule has 0 radical (unpaired) electrons. The topological polar surface area (TPSA) is 71.6 Å². The first-order chi connectivity index (χ1) is 17.9. The summed E-state index contributed by atoms with van der Waals surface area (Å²) in [5, 5.41) is 0. The van der Waals surface area contributed by atoms with Crippen LogP contribution in [0.4, 0.5) is 0 Å². The number of carbonyl (C=O) groups is 2. The number of methoxy groups -OCH3 is 3. The fourth-order valence-corrected chi connectivity index (χ4v) is 5.77. The van der Waals surface area contributed by atoms with Crippen molar-refractivity contribution in [3.05, 3.63) is 53.1 Å². The van der Waals surface area contributed by atoms with Crippen molar-refractivity contribution in [3.63, 3.8) is 0 Å². The third kappa shape index (κ3) is 4.99. The van der Waals surface area contributed by atoms with Crippen molar-refractivity contribution in [2.75, 3.05) is 55.1 Å². The van der Waals surface area contributed by atoms with Gasteiger partial charge in [0.2, 0.25) is 11.7 Å². The SMILES string of the molecule is CCCN1C(=O)c2ccccc2[C@H](C(=O)N(C)C2CCN(C)CC2)[C@H]1c1cc(OC)c(OC)c(OC)c1. The van der Waals surface area contributed by atoms with Gasteiger partial charge < -0.3 is 28.9 Å². The minimum absolute atomic E-state index is 0.0226. The van der Waals surface area contributed by atoms with Gasteiger partial charge >= 0.3 is 0 Å². The van der Waals surface area contributed by atoms with E-state index in [1.54, 1.807) is 21.3 Å². The summed E-state index contributed by atoms with van der Waals surface area (Å²) in [5.74, 6) is 0.859. The Bertz CT molecular complexity index is 1100. The molecule has 0 aliphatic carbocycles. The number of benzene rings is 2. The maximum Gasteiger partial charge on any atom is 0.254 e. The summed E-state index contributed by atoms with van der Waals surface area (Å²) in [6, 6.07) is 10.9. The summed E-state index contributed by atoms with van der Waals surface area (Å²) in [6.45, 7) is 4.48. The van der Waals surface area contributed by atoms with Crippen molar-refractivity contribution in [3.8, 4) is 17.2 Å². The zero-order chi connectivity index (χ0) is 26.7. The molecular weight excluding hydrogens is 470 g/mol. The van der Waals surface area contributed by atoms with E-state index in [0.29, 0.717) is 29.4 Å². The Balaban J connectivity index is 1.88. The van der Waals surface area contributed by atoms with Gasteiger partial charge in [0, 0.05) is 25.2 Å². The number of piperidine rings is 1. The highest BCUT2D eigenvalue weighted by Crippen LogP contribution is 2.48. The van der Waals surface area contributed by atoms with Crippen LogP contribution in [0.2, 0.25) is 0 Å². The van der Waals surface area contributed by atoms with Crippen LogP contribution in [0, 0.1) is 0 Å². The maximum absolute atomic E-state index is 14.4. The highest BCUT2D eigenvalue weighted by molar-refractivity contribution is 6.01. The lowest BCUT2D eigenvalue weighted by Crippen LogP contribution is -2.51. The number of rotatable bonds is 8. The number of fused-ring (bicyclic) bond motifs is 1. The lowest BCUT2D eigenvalue weighted by Gasteiger charge is -2.44. The van der Waals surface area contributed by atoms with E-state index in [0.717, 1.165) is 43.5 Å². The normalized spacial score (nSPS) is 20.4. The van der Waals surface area contributed by atoms with Gasteiger partial charge in [0.1, 0.15) is 0 Å². The second-order valence-corrected chi connectivity index (χ2v) is 9.95. The van der Waals surface area contributed by atoms with E-state index >= 15 is 0 Å². The van der Waals surface area contributed by atoms with E-state index in [4.69, 9.17) is 14.2 Å². The molecule has 2 aromatic rings. The molecule has 1 saturated heterocycles. The summed E-state index contributed by atoms with van der Waals surface area (Å²) in [7, 11) is 8.73. The van der Waals surface area contributed by atoms with Crippen molar-refractivity contribution in [1.82, 2.24) is 14.7 Å². The van der Waals surface area contributed by atoms with Crippen LogP contribution in [0.25, 0.3) is 0 Å². The Kier molecular flexibility index (Phi) is 8.27. The van der Waals surface area contributed by atoms with Crippen LogP contribution in [-0.2, 0) is 4.79 Å². The van der Waals surface area contributed by atoms with Gasteiger partial charge in [-0.25, -0.2) is 0 Å². The molecule has 37 heavy (non-hydrogen) atoms. The van der Waals surface area contributed by atoms with Gasteiger partial charge in [0.25, 0.3) is 5.91 Å². The quantitative estimate of drug-likeness (QED) is 0.537. The molecule has 1 fully saturated rings. The van der Waals surface area contributed by atoms with Crippen LogP contribution in [0.5, 0.6) is 17.2 Å². The predicted molar refractivity (Wildman–Crippen MR) is 143 cm³/mol. The van der Waals surface area contributed by atoms with E-state index in [9.17, 15) is 9.59 Å². The lowest BCUT2D eigenvalue weighted by atomic mass is 9.78. The van der Waals surface area contributed by atoms with Crippen LogP contribution in [-0.4, -0.2) is 87.6 Å². The van der Waals surface area contributed by atoms with E-state index < -0.39 is 12.0 Å². The largest absolute Gasteiger partial charge is 0.493 e. The van der Waals surface area contributed by atoms with Crippen LogP contribution < -0.4 is 14.2 Å². The van der Waals surface area contributed by atoms with E-state index in [-0.39, 0.29) is 17.9 Å². The van der Waals surface area contributed by atoms with Crippen LogP contribution >= 0.6 is 0 Å². The Labute approximate surface area is 220 Å². The minimum Gasteiger partial charge on any atom is -0.493 e. The van der Waals surface area contributed by atoms with E-state index in [1.807, 2.05) is 60.2 Å². The van der Waals surface area contributed by atoms with Gasteiger partial charge in [-0.1, -0.05) is 25.1 Å². The fraction of sp³-hybridized carbons (Fsp3) is 0.517. The molecule has 2 atom stereocenters. The molecule has 2 aliphatic rings. The number of likely N-dealkylation sites (tertiary alicyclic amines) is 1. The summed E-state index contributed by atoms with van der Waals surface area (Å²) < 4.78 is 16.8. The van der Waals surface area contributed by atoms with Crippen molar-refractivity contribution >= 4 is 11.8 Å². The standard InChI is InChI=1S/C29H39N3O5/c1-7-14-32-26(19-17-23(35-4)27(37-6)24(18-19)36-5)25(21-10-8-9-11-22(21)28(32)33)29(34)31(3)20-12-15-30(2)16-13-20/h8-11,17-18,20,25-26H,7,12-16H2,1-6H3/t25-,26+/m0/s1. The number of nitrogens with zero attached hydrogens (tertiary/aromatic N) is 3. The number of hydrogen-bond donors (Lipinski definition) is 0. The number of likely N-dealkylation sites (N-methyl/N-ethyl adjacent to an activating group) is 1. The van der Waals surface area contributed by atoms with Crippen molar-refractivity contribution in [2.24, 2.45) is 0 Å². The molecular formula is C29H39N3O5. The molecule has 0 saturated carbocycles. The first-order valence-corrected chi connectivity index (χ1v) is 13.0. The molecule has 0 N–H and O–H groups in total. The average molecular weight is 510 g/mol. The monoisotopic (exact) mass is 509 g/mol. The Morgan fingerprint density at radius 1 is 1.03 bits per heavy atom. The predicted octanol–water partition coefficient (Wildman–Crippen LogP) is 3.96. The molecule has 0 unspecified atom stereocenters.